The van der Waals surface area contributed by atoms with Gasteiger partial charge in [0.2, 0.25) is 11.8 Å². The van der Waals surface area contributed by atoms with E-state index in [4.69, 9.17) is 14.9 Å². The number of nitrogens with zero attached hydrogens (tertiary/aromatic N) is 1. The number of β-amino-alcohol motifs (C(OH)–C–C–N with tert-alkyl or cyclic N) is 1. The summed E-state index contributed by atoms with van der Waals surface area (Å²) in [5.41, 5.74) is 0.159. The van der Waals surface area contributed by atoms with Gasteiger partial charge in [-0.1, -0.05) is 30.3 Å². The third-order valence-electron chi connectivity index (χ3n) is 3.57. The number of rotatable bonds is 5. The molecule has 0 saturated carbocycles. The largest absolute Gasteiger partial charge is 0.478 e. The summed E-state index contributed by atoms with van der Waals surface area (Å²) in [7, 11) is 0. The molecule has 1 aliphatic rings. The highest BCUT2D eigenvalue weighted by Gasteiger charge is 2.27. The first-order valence-electron chi connectivity index (χ1n) is 8.02. The fourth-order valence-corrected chi connectivity index (χ4v) is 2.32. The van der Waals surface area contributed by atoms with Crippen molar-refractivity contribution >= 4 is 17.8 Å². The van der Waals surface area contributed by atoms with Gasteiger partial charge in [-0.3, -0.25) is 14.5 Å². The van der Waals surface area contributed by atoms with Crippen LogP contribution in [0.3, 0.4) is 0 Å². The lowest BCUT2D eigenvalue weighted by molar-refractivity contribution is -0.138. The molecule has 7 nitrogen and oxygen atoms in total. The first-order chi connectivity index (χ1) is 12.5. The van der Waals surface area contributed by atoms with E-state index < -0.39 is 5.97 Å². The SMILES string of the molecule is O=C(O)c1ccccc1Oc1ccccc1.O=C1CCC(=O)N1CCO. The smallest absolute Gasteiger partial charge is 0.339 e. The summed E-state index contributed by atoms with van der Waals surface area (Å²) in [6.07, 6.45) is 0.609. The lowest BCUT2D eigenvalue weighted by Gasteiger charge is -2.10. The Kier molecular flexibility index (Phi) is 6.87. The molecule has 0 aromatic heterocycles. The first-order valence-corrected chi connectivity index (χ1v) is 8.02. The number of likely N-dealkylation sites (tertiary alicyclic amines) is 1. The molecule has 26 heavy (non-hydrogen) atoms. The maximum Gasteiger partial charge on any atom is 0.339 e. The quantitative estimate of drug-likeness (QED) is 0.796. The highest BCUT2D eigenvalue weighted by atomic mass is 16.5. The Hall–Kier alpha value is -3.19. The minimum absolute atomic E-state index is 0.141. The zero-order chi connectivity index (χ0) is 18.9. The summed E-state index contributed by atoms with van der Waals surface area (Å²) in [5, 5.41) is 17.4. The van der Waals surface area contributed by atoms with E-state index in [9.17, 15) is 14.4 Å². The molecule has 2 amide bonds. The molecule has 2 aromatic rings. The second-order valence-electron chi connectivity index (χ2n) is 5.38. The van der Waals surface area contributed by atoms with Gasteiger partial charge in [0.15, 0.2) is 0 Å². The monoisotopic (exact) mass is 357 g/mol. The van der Waals surface area contributed by atoms with Crippen molar-refractivity contribution in [3.63, 3.8) is 0 Å². The number of carboxylic acids is 1. The number of carbonyl (C=O) groups is 3. The Morgan fingerprint density at radius 2 is 1.54 bits per heavy atom. The van der Waals surface area contributed by atoms with Crippen molar-refractivity contribution in [3.05, 3.63) is 60.2 Å². The maximum absolute atomic E-state index is 10.9. The van der Waals surface area contributed by atoms with Crippen molar-refractivity contribution < 1.29 is 29.3 Å². The van der Waals surface area contributed by atoms with Gasteiger partial charge in [0.05, 0.1) is 13.2 Å². The van der Waals surface area contributed by atoms with Crippen LogP contribution in [-0.4, -0.2) is 46.0 Å². The summed E-state index contributed by atoms with van der Waals surface area (Å²) in [4.78, 5) is 33.6. The van der Waals surface area contributed by atoms with Crippen LogP contribution in [0.2, 0.25) is 0 Å². The van der Waals surface area contributed by atoms with Crippen LogP contribution in [0, 0.1) is 0 Å². The average molecular weight is 357 g/mol. The number of benzene rings is 2. The highest BCUT2D eigenvalue weighted by Crippen LogP contribution is 2.24. The molecule has 0 atom stereocenters. The van der Waals surface area contributed by atoms with E-state index in [2.05, 4.69) is 0 Å². The number of carboxylic acid groups (broad SMARTS) is 1. The second-order valence-corrected chi connectivity index (χ2v) is 5.38. The Labute approximate surface area is 150 Å². The molecule has 1 fully saturated rings. The fraction of sp³-hybridized carbons (Fsp3) is 0.211. The van der Waals surface area contributed by atoms with Crippen molar-refractivity contribution in [1.29, 1.82) is 0 Å². The second kappa shape index (κ2) is 9.33. The molecule has 1 heterocycles. The number of para-hydroxylation sites is 2. The number of hydrogen-bond acceptors (Lipinski definition) is 5. The Morgan fingerprint density at radius 3 is 2.12 bits per heavy atom. The number of imide groups is 1. The van der Waals surface area contributed by atoms with E-state index in [0.29, 0.717) is 24.3 Å². The van der Waals surface area contributed by atoms with E-state index >= 15 is 0 Å². The van der Waals surface area contributed by atoms with Crippen molar-refractivity contribution in [2.24, 2.45) is 0 Å². The van der Waals surface area contributed by atoms with Crippen molar-refractivity contribution in [2.45, 2.75) is 12.8 Å². The van der Waals surface area contributed by atoms with Crippen LogP contribution < -0.4 is 4.74 Å². The van der Waals surface area contributed by atoms with Gasteiger partial charge < -0.3 is 14.9 Å². The van der Waals surface area contributed by atoms with Crippen molar-refractivity contribution in [3.8, 4) is 11.5 Å². The third kappa shape index (κ3) is 5.15. The molecule has 0 unspecified atom stereocenters. The number of aliphatic hydroxyl groups excluding tert-OH is 1. The number of aromatic carboxylic acids is 1. The van der Waals surface area contributed by atoms with Gasteiger partial charge in [-0.15, -0.1) is 0 Å². The summed E-state index contributed by atoms with van der Waals surface area (Å²) < 4.78 is 5.49. The number of aliphatic hydroxyl groups is 1. The Balaban J connectivity index is 0.000000209. The average Bonchev–Trinajstić information content (AvgIpc) is 2.96. The maximum atomic E-state index is 10.9. The molecular formula is C19H19NO6. The van der Waals surface area contributed by atoms with Gasteiger partial charge in [0.25, 0.3) is 0 Å². The standard InChI is InChI=1S/C13H10O3.C6H9NO3/c14-13(15)11-8-4-5-9-12(11)16-10-6-2-1-3-7-10;8-4-3-7-5(9)1-2-6(7)10/h1-9H,(H,14,15);8H,1-4H2. The predicted molar refractivity (Wildman–Crippen MR) is 93.0 cm³/mol. The zero-order valence-electron chi connectivity index (χ0n) is 14.0. The minimum atomic E-state index is -0.994. The van der Waals surface area contributed by atoms with Crippen molar-refractivity contribution in [2.75, 3.05) is 13.2 Å². The molecule has 0 radical (unpaired) electrons. The number of carbonyl (C=O) groups excluding carboxylic acids is 2. The van der Waals surface area contributed by atoms with E-state index in [0.717, 1.165) is 4.90 Å². The highest BCUT2D eigenvalue weighted by molar-refractivity contribution is 6.01. The number of hydrogen-bond donors (Lipinski definition) is 2. The molecule has 0 bridgehead atoms. The van der Waals surface area contributed by atoms with Gasteiger partial charge in [-0.25, -0.2) is 4.79 Å². The molecule has 0 spiro atoms. The molecular weight excluding hydrogens is 338 g/mol. The lowest BCUT2D eigenvalue weighted by atomic mass is 10.2. The van der Waals surface area contributed by atoms with E-state index in [-0.39, 0.29) is 30.5 Å². The molecule has 2 N–H and O–H groups in total. The van der Waals surface area contributed by atoms with Crippen LogP contribution >= 0.6 is 0 Å². The minimum Gasteiger partial charge on any atom is -0.478 e. The molecule has 2 aromatic carbocycles. The van der Waals surface area contributed by atoms with E-state index in [1.807, 2.05) is 18.2 Å². The summed E-state index contributed by atoms with van der Waals surface area (Å²) >= 11 is 0. The van der Waals surface area contributed by atoms with Crippen molar-refractivity contribution in [1.82, 2.24) is 4.90 Å². The molecule has 3 rings (SSSR count). The summed E-state index contributed by atoms with van der Waals surface area (Å²) in [6, 6.07) is 15.6. The van der Waals surface area contributed by atoms with Crippen LogP contribution in [0.5, 0.6) is 11.5 Å². The number of amides is 2. The van der Waals surface area contributed by atoms with E-state index in [1.165, 1.54) is 6.07 Å². The molecule has 1 saturated heterocycles. The van der Waals surface area contributed by atoms with Gasteiger partial charge in [0, 0.05) is 12.8 Å². The van der Waals surface area contributed by atoms with Crippen LogP contribution in [0.1, 0.15) is 23.2 Å². The van der Waals surface area contributed by atoms with Crippen LogP contribution in [0.25, 0.3) is 0 Å². The first kappa shape index (κ1) is 19.1. The summed E-state index contributed by atoms with van der Waals surface area (Å²) in [6.45, 7) is 0.00907. The molecule has 1 aliphatic heterocycles. The summed E-state index contributed by atoms with van der Waals surface area (Å²) in [5.74, 6) is -0.359. The fourth-order valence-electron chi connectivity index (χ4n) is 2.32. The third-order valence-corrected chi connectivity index (χ3v) is 3.57. The topological polar surface area (TPSA) is 104 Å². The Bertz CT molecular complexity index is 759. The van der Waals surface area contributed by atoms with Gasteiger partial charge in [-0.2, -0.15) is 0 Å². The van der Waals surface area contributed by atoms with Crippen LogP contribution in [-0.2, 0) is 9.59 Å². The van der Waals surface area contributed by atoms with E-state index in [1.54, 1.807) is 30.3 Å². The Morgan fingerprint density at radius 1 is 0.962 bits per heavy atom. The van der Waals surface area contributed by atoms with Gasteiger partial charge >= 0.3 is 5.97 Å². The zero-order valence-corrected chi connectivity index (χ0v) is 14.0. The molecule has 136 valence electrons. The normalized spacial score (nSPS) is 13.2. The molecule has 0 aliphatic carbocycles. The van der Waals surface area contributed by atoms with Crippen LogP contribution in [0.15, 0.2) is 54.6 Å². The number of ether oxygens (including phenoxy) is 1. The molecule has 7 heteroatoms. The van der Waals surface area contributed by atoms with Gasteiger partial charge in [-0.05, 0) is 24.3 Å². The lowest BCUT2D eigenvalue weighted by Crippen LogP contribution is -2.31. The van der Waals surface area contributed by atoms with Crippen LogP contribution in [0.4, 0.5) is 0 Å². The predicted octanol–water partition coefficient (Wildman–Crippen LogP) is 2.30. The van der Waals surface area contributed by atoms with Gasteiger partial charge in [0.1, 0.15) is 17.1 Å².